The third-order valence-corrected chi connectivity index (χ3v) is 8.00. The summed E-state index contributed by atoms with van der Waals surface area (Å²) < 4.78 is 0. The minimum Gasteiger partial charge on any atom is -0.315 e. The Morgan fingerprint density at radius 2 is 1.87 bits per heavy atom. The molecular formula is C25H27N5S. The largest absolute Gasteiger partial charge is 0.315 e. The van der Waals surface area contributed by atoms with Crippen molar-refractivity contribution < 1.29 is 0 Å². The molecule has 2 aromatic heterocycles. The number of fused-ring (bicyclic) bond motifs is 2. The molecule has 31 heavy (non-hydrogen) atoms. The summed E-state index contributed by atoms with van der Waals surface area (Å²) >= 11 is 1.89. The Morgan fingerprint density at radius 3 is 2.55 bits per heavy atom. The SMILES string of the molecule is CCSc1ccc2c(c1)N(c1ncc(-c3cc(C4(C)CNC4)ccn3)cn1)CC21CC1. The Bertz CT molecular complexity index is 1130. The smallest absolute Gasteiger partial charge is 0.229 e. The fourth-order valence-corrected chi connectivity index (χ4v) is 5.62. The van der Waals surface area contributed by atoms with Crippen LogP contribution in [-0.2, 0) is 10.8 Å². The molecule has 0 radical (unpaired) electrons. The molecular weight excluding hydrogens is 402 g/mol. The Balaban J connectivity index is 1.31. The molecule has 1 spiro atoms. The molecule has 158 valence electrons. The van der Waals surface area contributed by atoms with Gasteiger partial charge >= 0.3 is 0 Å². The minimum absolute atomic E-state index is 0.199. The van der Waals surface area contributed by atoms with Crippen LogP contribution in [0.3, 0.4) is 0 Å². The first kappa shape index (κ1) is 19.3. The molecule has 5 nitrogen and oxygen atoms in total. The lowest BCUT2D eigenvalue weighted by Crippen LogP contribution is -2.54. The standard InChI is InChI=1S/C25H27N5S/c1-3-31-19-4-5-20-22(11-19)30(16-25(20)7-8-25)23-28-12-17(13-29-23)21-10-18(6-9-27-21)24(2)14-26-15-24/h4-6,9-13,26H,3,7-8,14-16H2,1-2H3. The van der Waals surface area contributed by atoms with E-state index < -0.39 is 0 Å². The molecule has 6 heteroatoms. The molecule has 2 aliphatic heterocycles. The summed E-state index contributed by atoms with van der Waals surface area (Å²) in [4.78, 5) is 17.8. The second kappa shape index (κ2) is 7.04. The second-order valence-electron chi connectivity index (χ2n) is 9.34. The topological polar surface area (TPSA) is 53.9 Å². The van der Waals surface area contributed by atoms with Gasteiger partial charge in [-0.1, -0.05) is 19.9 Å². The third kappa shape index (κ3) is 3.15. The molecule has 4 heterocycles. The Kier molecular flexibility index (Phi) is 4.37. The number of anilines is 2. The van der Waals surface area contributed by atoms with Gasteiger partial charge in [-0.2, -0.15) is 0 Å². The molecule has 1 aliphatic carbocycles. The zero-order chi connectivity index (χ0) is 21.1. The first-order valence-corrected chi connectivity index (χ1v) is 12.1. The minimum atomic E-state index is 0.199. The van der Waals surface area contributed by atoms with E-state index in [4.69, 9.17) is 9.97 Å². The Labute approximate surface area is 187 Å². The van der Waals surface area contributed by atoms with Crippen molar-refractivity contribution >= 4 is 23.4 Å². The molecule has 0 atom stereocenters. The number of rotatable bonds is 5. The van der Waals surface area contributed by atoms with Gasteiger partial charge in [0, 0.05) is 65.2 Å². The quantitative estimate of drug-likeness (QED) is 0.594. The molecule has 1 saturated carbocycles. The Hall–Kier alpha value is -2.44. The van der Waals surface area contributed by atoms with Gasteiger partial charge in [0.05, 0.1) is 5.69 Å². The van der Waals surface area contributed by atoms with Crippen molar-refractivity contribution in [2.75, 3.05) is 30.3 Å². The van der Waals surface area contributed by atoms with Crippen LogP contribution < -0.4 is 10.2 Å². The molecule has 0 unspecified atom stereocenters. The van der Waals surface area contributed by atoms with Crippen LogP contribution in [0, 0.1) is 0 Å². The molecule has 1 N–H and O–H groups in total. The van der Waals surface area contributed by atoms with Crippen LogP contribution in [0.1, 0.15) is 37.8 Å². The summed E-state index contributed by atoms with van der Waals surface area (Å²) in [6.45, 7) is 7.51. The van der Waals surface area contributed by atoms with Gasteiger partial charge in [0.15, 0.2) is 0 Å². The van der Waals surface area contributed by atoms with E-state index in [9.17, 15) is 0 Å². The predicted molar refractivity (Wildman–Crippen MR) is 126 cm³/mol. The van der Waals surface area contributed by atoms with E-state index in [1.165, 1.54) is 34.6 Å². The van der Waals surface area contributed by atoms with Gasteiger partial charge < -0.3 is 10.2 Å². The zero-order valence-corrected chi connectivity index (χ0v) is 18.9. The van der Waals surface area contributed by atoms with Crippen LogP contribution in [0.25, 0.3) is 11.3 Å². The normalized spacial score (nSPS) is 19.9. The monoisotopic (exact) mass is 429 g/mol. The van der Waals surface area contributed by atoms with Crippen LogP contribution in [0.2, 0.25) is 0 Å². The maximum Gasteiger partial charge on any atom is 0.229 e. The van der Waals surface area contributed by atoms with Crippen molar-refractivity contribution in [1.29, 1.82) is 0 Å². The van der Waals surface area contributed by atoms with Gasteiger partial charge in [-0.05, 0) is 54.0 Å². The van der Waals surface area contributed by atoms with E-state index in [2.05, 4.69) is 59.4 Å². The average molecular weight is 430 g/mol. The van der Waals surface area contributed by atoms with Crippen molar-refractivity contribution in [3.63, 3.8) is 0 Å². The molecule has 0 bridgehead atoms. The highest BCUT2D eigenvalue weighted by atomic mass is 32.2. The third-order valence-electron chi connectivity index (χ3n) is 7.12. The van der Waals surface area contributed by atoms with Gasteiger partial charge in [-0.25, -0.2) is 9.97 Å². The van der Waals surface area contributed by atoms with Gasteiger partial charge in [0.2, 0.25) is 5.95 Å². The lowest BCUT2D eigenvalue weighted by atomic mass is 9.77. The summed E-state index contributed by atoms with van der Waals surface area (Å²) in [6.07, 6.45) is 8.29. The fourth-order valence-electron chi connectivity index (χ4n) is 4.93. The number of nitrogens with one attached hydrogen (secondary N) is 1. The number of thioether (sulfide) groups is 1. The van der Waals surface area contributed by atoms with Crippen LogP contribution >= 0.6 is 11.8 Å². The van der Waals surface area contributed by atoms with E-state index in [0.29, 0.717) is 5.41 Å². The fraction of sp³-hybridized carbons (Fsp3) is 0.400. The molecule has 3 aliphatic rings. The molecule has 2 fully saturated rings. The number of nitrogens with zero attached hydrogens (tertiary/aromatic N) is 4. The number of aromatic nitrogens is 3. The molecule has 6 rings (SSSR count). The van der Waals surface area contributed by atoms with E-state index in [1.54, 1.807) is 0 Å². The van der Waals surface area contributed by atoms with E-state index in [-0.39, 0.29) is 5.41 Å². The molecule has 1 aromatic carbocycles. The highest BCUT2D eigenvalue weighted by Gasteiger charge is 2.52. The predicted octanol–water partition coefficient (Wildman–Crippen LogP) is 4.69. The molecule has 0 amide bonds. The van der Waals surface area contributed by atoms with E-state index in [1.807, 2.05) is 30.4 Å². The first-order chi connectivity index (χ1) is 15.1. The van der Waals surface area contributed by atoms with Crippen LogP contribution in [0.4, 0.5) is 11.6 Å². The van der Waals surface area contributed by atoms with E-state index >= 15 is 0 Å². The highest BCUT2D eigenvalue weighted by molar-refractivity contribution is 7.99. The van der Waals surface area contributed by atoms with Crippen molar-refractivity contribution in [2.24, 2.45) is 0 Å². The van der Waals surface area contributed by atoms with Crippen molar-refractivity contribution in [2.45, 2.75) is 42.4 Å². The number of pyridine rings is 1. The van der Waals surface area contributed by atoms with Gasteiger partial charge in [-0.3, -0.25) is 4.98 Å². The molecule has 1 saturated heterocycles. The second-order valence-corrected chi connectivity index (χ2v) is 10.7. The lowest BCUT2D eigenvalue weighted by Gasteiger charge is -2.40. The van der Waals surface area contributed by atoms with Crippen molar-refractivity contribution in [1.82, 2.24) is 20.3 Å². The first-order valence-electron chi connectivity index (χ1n) is 11.1. The number of benzene rings is 1. The summed E-state index contributed by atoms with van der Waals surface area (Å²) in [5.41, 5.74) is 6.51. The summed E-state index contributed by atoms with van der Waals surface area (Å²) in [6, 6.07) is 11.3. The summed E-state index contributed by atoms with van der Waals surface area (Å²) in [5, 5.41) is 3.38. The molecule has 3 aromatic rings. The van der Waals surface area contributed by atoms with Gasteiger partial charge in [0.25, 0.3) is 0 Å². The van der Waals surface area contributed by atoms with Gasteiger partial charge in [0.1, 0.15) is 0 Å². The van der Waals surface area contributed by atoms with Gasteiger partial charge in [-0.15, -0.1) is 11.8 Å². The van der Waals surface area contributed by atoms with Crippen LogP contribution in [0.15, 0.2) is 53.8 Å². The highest BCUT2D eigenvalue weighted by Crippen LogP contribution is 2.58. The lowest BCUT2D eigenvalue weighted by molar-refractivity contribution is 0.305. The maximum atomic E-state index is 4.79. The van der Waals surface area contributed by atoms with Crippen molar-refractivity contribution in [3.8, 4) is 11.3 Å². The zero-order valence-electron chi connectivity index (χ0n) is 18.1. The summed E-state index contributed by atoms with van der Waals surface area (Å²) in [7, 11) is 0. The summed E-state index contributed by atoms with van der Waals surface area (Å²) in [5.74, 6) is 1.87. The Morgan fingerprint density at radius 1 is 1.06 bits per heavy atom. The number of hydrogen-bond acceptors (Lipinski definition) is 6. The van der Waals surface area contributed by atoms with Crippen LogP contribution in [0.5, 0.6) is 0 Å². The number of hydrogen-bond donors (Lipinski definition) is 1. The van der Waals surface area contributed by atoms with Crippen LogP contribution in [-0.4, -0.2) is 40.3 Å². The van der Waals surface area contributed by atoms with E-state index in [0.717, 1.165) is 42.6 Å². The average Bonchev–Trinajstić information content (AvgIpc) is 3.49. The van der Waals surface area contributed by atoms with Crippen molar-refractivity contribution in [3.05, 3.63) is 60.0 Å². The maximum absolute atomic E-state index is 4.79.